The van der Waals surface area contributed by atoms with Crippen molar-refractivity contribution in [2.45, 2.75) is 13.8 Å². The number of hydrogen-bond donors (Lipinski definition) is 2. The van der Waals surface area contributed by atoms with Crippen molar-refractivity contribution in [1.29, 1.82) is 0 Å². The Balaban J connectivity index is 1.88. The molecule has 1 aromatic heterocycles. The Morgan fingerprint density at radius 2 is 1.90 bits per heavy atom. The van der Waals surface area contributed by atoms with Crippen molar-refractivity contribution in [1.82, 2.24) is 4.98 Å². The molecule has 5 nitrogen and oxygen atoms in total. The largest absolute Gasteiger partial charge is 0.417 e. The summed E-state index contributed by atoms with van der Waals surface area (Å²) in [5.41, 5.74) is 4.42. The third-order valence-electron chi connectivity index (χ3n) is 3.45. The molecule has 3 rings (SSSR count). The molecule has 2 N–H and O–H groups in total. The van der Waals surface area contributed by atoms with Gasteiger partial charge in [-0.2, -0.15) is 0 Å². The Bertz CT molecular complexity index is 890. The predicted octanol–water partition coefficient (Wildman–Crippen LogP) is 2.99. The highest BCUT2D eigenvalue weighted by Gasteiger charge is 2.08. The number of carbonyl (C=O) groups is 1. The normalized spacial score (nSPS) is 10.8. The number of aromatic amines is 1. The molecular formula is C16H14N2O3. The van der Waals surface area contributed by atoms with Gasteiger partial charge in [-0.15, -0.1) is 0 Å². The molecule has 21 heavy (non-hydrogen) atoms. The molecule has 0 radical (unpaired) electrons. The number of carbonyl (C=O) groups excluding carboxylic acids is 1. The van der Waals surface area contributed by atoms with Crippen molar-refractivity contribution < 1.29 is 9.21 Å². The molecule has 106 valence electrons. The number of rotatable bonds is 2. The van der Waals surface area contributed by atoms with Crippen molar-refractivity contribution in [2.24, 2.45) is 0 Å². The standard InChI is InChI=1S/C16H14N2O3/c1-9-3-4-11(7-10(9)2)15(19)17-12-5-6-14-13(8-12)18-16(20)21-14/h3-8H,1-2H3,(H,17,19)(H,18,20). The molecule has 0 fully saturated rings. The molecule has 0 bridgehead atoms. The summed E-state index contributed by atoms with van der Waals surface area (Å²) in [6.45, 7) is 3.97. The van der Waals surface area contributed by atoms with Crippen LogP contribution in [0.15, 0.2) is 45.6 Å². The highest BCUT2D eigenvalue weighted by atomic mass is 16.4. The maximum Gasteiger partial charge on any atom is 0.417 e. The smallest absolute Gasteiger partial charge is 0.408 e. The lowest BCUT2D eigenvalue weighted by molar-refractivity contribution is 0.102. The average Bonchev–Trinajstić information content (AvgIpc) is 2.81. The van der Waals surface area contributed by atoms with Crippen LogP contribution in [0.5, 0.6) is 0 Å². The maximum atomic E-state index is 12.2. The fraction of sp³-hybridized carbons (Fsp3) is 0.125. The maximum absolute atomic E-state index is 12.2. The molecule has 0 saturated carbocycles. The SMILES string of the molecule is Cc1ccc(C(=O)Nc2ccc3oc(=O)[nH]c3c2)cc1C. The van der Waals surface area contributed by atoms with Gasteiger partial charge in [0, 0.05) is 11.3 Å². The van der Waals surface area contributed by atoms with Crippen LogP contribution in [0, 0.1) is 13.8 Å². The molecule has 2 aromatic carbocycles. The summed E-state index contributed by atoms with van der Waals surface area (Å²) in [7, 11) is 0. The number of hydrogen-bond acceptors (Lipinski definition) is 3. The van der Waals surface area contributed by atoms with E-state index in [1.54, 1.807) is 24.3 Å². The summed E-state index contributed by atoms with van der Waals surface area (Å²) in [6.07, 6.45) is 0. The van der Waals surface area contributed by atoms with Crippen molar-refractivity contribution in [3.63, 3.8) is 0 Å². The summed E-state index contributed by atoms with van der Waals surface area (Å²) in [4.78, 5) is 25.9. The Kier molecular flexibility index (Phi) is 3.10. The number of fused-ring (bicyclic) bond motifs is 1. The molecule has 0 saturated heterocycles. The van der Waals surface area contributed by atoms with Crippen molar-refractivity contribution in [3.05, 3.63) is 63.6 Å². The number of benzene rings is 2. The number of amides is 1. The molecule has 1 heterocycles. The van der Waals surface area contributed by atoms with Gasteiger partial charge < -0.3 is 9.73 Å². The van der Waals surface area contributed by atoms with E-state index in [0.29, 0.717) is 22.4 Å². The van der Waals surface area contributed by atoms with Gasteiger partial charge in [-0.25, -0.2) is 4.79 Å². The molecule has 0 unspecified atom stereocenters. The van der Waals surface area contributed by atoms with Crippen LogP contribution >= 0.6 is 0 Å². The lowest BCUT2D eigenvalue weighted by Gasteiger charge is -2.07. The van der Waals surface area contributed by atoms with Crippen LogP contribution < -0.4 is 11.1 Å². The molecule has 0 aliphatic carbocycles. The Morgan fingerprint density at radius 1 is 1.10 bits per heavy atom. The van der Waals surface area contributed by atoms with Crippen LogP contribution in [-0.4, -0.2) is 10.9 Å². The molecule has 3 aromatic rings. The fourth-order valence-electron chi connectivity index (χ4n) is 2.12. The monoisotopic (exact) mass is 282 g/mol. The second-order valence-electron chi connectivity index (χ2n) is 4.98. The first-order valence-corrected chi connectivity index (χ1v) is 6.54. The van der Waals surface area contributed by atoms with E-state index in [1.165, 1.54) is 0 Å². The number of oxazole rings is 1. The van der Waals surface area contributed by atoms with Crippen LogP contribution in [0.3, 0.4) is 0 Å². The van der Waals surface area contributed by atoms with Crippen molar-refractivity contribution in [2.75, 3.05) is 5.32 Å². The van der Waals surface area contributed by atoms with Crippen molar-refractivity contribution >= 4 is 22.7 Å². The van der Waals surface area contributed by atoms with E-state index in [4.69, 9.17) is 4.42 Å². The number of aromatic nitrogens is 1. The van der Waals surface area contributed by atoms with Crippen LogP contribution in [-0.2, 0) is 0 Å². The predicted molar refractivity (Wildman–Crippen MR) is 80.7 cm³/mol. The molecule has 0 aliphatic heterocycles. The van der Waals surface area contributed by atoms with E-state index in [1.807, 2.05) is 26.0 Å². The van der Waals surface area contributed by atoms with Crippen LogP contribution in [0.1, 0.15) is 21.5 Å². The summed E-state index contributed by atoms with van der Waals surface area (Å²) in [5, 5.41) is 2.80. The number of H-pyrrole nitrogens is 1. The number of nitrogens with one attached hydrogen (secondary N) is 2. The highest BCUT2D eigenvalue weighted by molar-refractivity contribution is 6.05. The minimum Gasteiger partial charge on any atom is -0.408 e. The Labute approximate surface area is 120 Å². The quantitative estimate of drug-likeness (QED) is 0.758. The van der Waals surface area contributed by atoms with Gasteiger partial charge in [0.25, 0.3) is 5.91 Å². The van der Waals surface area contributed by atoms with Gasteiger partial charge >= 0.3 is 5.76 Å². The minimum absolute atomic E-state index is 0.191. The summed E-state index contributed by atoms with van der Waals surface area (Å²) in [5.74, 6) is -0.703. The first-order valence-electron chi connectivity index (χ1n) is 6.54. The zero-order chi connectivity index (χ0) is 15.0. The molecule has 0 atom stereocenters. The first kappa shape index (κ1) is 13.2. The summed E-state index contributed by atoms with van der Waals surface area (Å²) in [6, 6.07) is 10.6. The van der Waals surface area contributed by atoms with Gasteiger partial charge in [0.2, 0.25) is 0 Å². The summed E-state index contributed by atoms with van der Waals surface area (Å²) >= 11 is 0. The molecule has 0 spiro atoms. The Morgan fingerprint density at radius 3 is 2.67 bits per heavy atom. The average molecular weight is 282 g/mol. The van der Waals surface area contributed by atoms with Gasteiger partial charge in [0.05, 0.1) is 5.52 Å². The third kappa shape index (κ3) is 2.58. The molecular weight excluding hydrogens is 268 g/mol. The lowest BCUT2D eigenvalue weighted by atomic mass is 10.1. The van der Waals surface area contributed by atoms with Crippen molar-refractivity contribution in [3.8, 4) is 0 Å². The second kappa shape index (κ2) is 4.94. The third-order valence-corrected chi connectivity index (χ3v) is 3.45. The van der Waals surface area contributed by atoms with Gasteiger partial charge in [-0.1, -0.05) is 6.07 Å². The zero-order valence-corrected chi connectivity index (χ0v) is 11.7. The second-order valence-corrected chi connectivity index (χ2v) is 4.98. The molecule has 0 aliphatic rings. The van der Waals surface area contributed by atoms with Crippen LogP contribution in [0.2, 0.25) is 0 Å². The van der Waals surface area contributed by atoms with Gasteiger partial charge in [-0.05, 0) is 55.3 Å². The van der Waals surface area contributed by atoms with Gasteiger partial charge in [0.1, 0.15) is 0 Å². The Hall–Kier alpha value is -2.82. The van der Waals surface area contributed by atoms with Gasteiger partial charge in [-0.3, -0.25) is 9.78 Å². The first-order chi connectivity index (χ1) is 10.0. The van der Waals surface area contributed by atoms with E-state index < -0.39 is 5.76 Å². The number of aryl methyl sites for hydroxylation is 2. The number of anilines is 1. The minimum atomic E-state index is -0.511. The van der Waals surface area contributed by atoms with Crippen LogP contribution in [0.25, 0.3) is 11.1 Å². The zero-order valence-electron chi connectivity index (χ0n) is 11.7. The fourth-order valence-corrected chi connectivity index (χ4v) is 2.12. The van der Waals surface area contributed by atoms with E-state index in [-0.39, 0.29) is 5.91 Å². The molecule has 1 amide bonds. The van der Waals surface area contributed by atoms with E-state index in [9.17, 15) is 9.59 Å². The van der Waals surface area contributed by atoms with E-state index in [0.717, 1.165) is 11.1 Å². The van der Waals surface area contributed by atoms with Crippen LogP contribution in [0.4, 0.5) is 5.69 Å². The van der Waals surface area contributed by atoms with Gasteiger partial charge in [0.15, 0.2) is 5.58 Å². The lowest BCUT2D eigenvalue weighted by Crippen LogP contribution is -2.12. The molecule has 5 heteroatoms. The van der Waals surface area contributed by atoms with E-state index in [2.05, 4.69) is 10.3 Å². The topological polar surface area (TPSA) is 75.1 Å². The summed E-state index contributed by atoms with van der Waals surface area (Å²) < 4.78 is 4.92. The highest BCUT2D eigenvalue weighted by Crippen LogP contribution is 2.17. The van der Waals surface area contributed by atoms with E-state index >= 15 is 0 Å².